The number of aromatic nitrogens is 1. The molecule has 0 bridgehead atoms. The van der Waals surface area contributed by atoms with E-state index in [1.807, 2.05) is 0 Å². The van der Waals surface area contributed by atoms with Crippen molar-refractivity contribution in [3.8, 4) is 5.88 Å². The maximum absolute atomic E-state index is 10.6. The third-order valence-corrected chi connectivity index (χ3v) is 1.89. The maximum atomic E-state index is 10.6. The van der Waals surface area contributed by atoms with Crippen molar-refractivity contribution in [3.63, 3.8) is 0 Å². The van der Waals surface area contributed by atoms with Crippen LogP contribution in [0, 0.1) is 0 Å². The summed E-state index contributed by atoms with van der Waals surface area (Å²) < 4.78 is 5.25. The number of nitrogens with zero attached hydrogens (tertiary/aromatic N) is 1. The molecule has 0 atom stereocenters. The number of rotatable bonds is 6. The van der Waals surface area contributed by atoms with E-state index in [1.165, 1.54) is 13.0 Å². The molecule has 0 radical (unpaired) electrons. The highest BCUT2D eigenvalue weighted by molar-refractivity contribution is 5.85. The minimum atomic E-state index is -1.09. The van der Waals surface area contributed by atoms with Crippen molar-refractivity contribution in [1.82, 2.24) is 10.3 Å². The van der Waals surface area contributed by atoms with Crippen LogP contribution in [0.4, 0.5) is 0 Å². The Morgan fingerprint density at radius 3 is 2.88 bits per heavy atom. The van der Waals surface area contributed by atoms with Crippen LogP contribution in [0.1, 0.15) is 23.8 Å². The van der Waals surface area contributed by atoms with E-state index in [0.717, 1.165) is 0 Å². The molecule has 0 aliphatic carbocycles. The smallest absolute Gasteiger partial charge is 0.354 e. The van der Waals surface area contributed by atoms with Gasteiger partial charge in [0.15, 0.2) is 5.69 Å². The van der Waals surface area contributed by atoms with Crippen LogP contribution in [-0.2, 0) is 4.79 Å². The van der Waals surface area contributed by atoms with Crippen LogP contribution in [0.25, 0.3) is 0 Å². The molecular weight excluding hydrogens is 224 g/mol. The van der Waals surface area contributed by atoms with E-state index in [0.29, 0.717) is 19.6 Å². The number of aromatic carboxylic acids is 1. The number of hydrogen-bond donors (Lipinski definition) is 2. The lowest BCUT2D eigenvalue weighted by Crippen LogP contribution is -2.22. The van der Waals surface area contributed by atoms with Gasteiger partial charge in [-0.05, 0) is 12.5 Å². The zero-order valence-corrected chi connectivity index (χ0v) is 9.47. The molecule has 0 unspecified atom stereocenters. The molecule has 2 N–H and O–H groups in total. The van der Waals surface area contributed by atoms with E-state index >= 15 is 0 Å². The molecule has 0 spiro atoms. The summed E-state index contributed by atoms with van der Waals surface area (Å²) in [6, 6.07) is 4.55. The van der Waals surface area contributed by atoms with Gasteiger partial charge in [-0.15, -0.1) is 0 Å². The molecule has 1 aromatic rings. The summed E-state index contributed by atoms with van der Waals surface area (Å²) in [4.78, 5) is 25.0. The summed E-state index contributed by atoms with van der Waals surface area (Å²) in [5.74, 6) is -0.905. The van der Waals surface area contributed by atoms with Gasteiger partial charge >= 0.3 is 5.97 Å². The zero-order chi connectivity index (χ0) is 12.7. The summed E-state index contributed by atoms with van der Waals surface area (Å²) in [6.07, 6.45) is 0.637. The SMILES string of the molecule is CC(=O)NCCCOc1cccc(C(=O)O)n1. The molecule has 0 saturated carbocycles. The molecule has 1 amide bonds. The summed E-state index contributed by atoms with van der Waals surface area (Å²) in [6.45, 7) is 2.34. The summed E-state index contributed by atoms with van der Waals surface area (Å²) in [5.41, 5.74) is -0.0515. The first-order chi connectivity index (χ1) is 8.09. The van der Waals surface area contributed by atoms with Crippen LogP contribution in [0.2, 0.25) is 0 Å². The van der Waals surface area contributed by atoms with Gasteiger partial charge in [-0.3, -0.25) is 4.79 Å². The van der Waals surface area contributed by atoms with E-state index in [1.54, 1.807) is 12.1 Å². The average molecular weight is 238 g/mol. The fraction of sp³-hybridized carbons (Fsp3) is 0.364. The second-order valence-electron chi connectivity index (χ2n) is 3.35. The highest BCUT2D eigenvalue weighted by Crippen LogP contribution is 2.07. The number of nitrogens with one attached hydrogen (secondary N) is 1. The minimum absolute atomic E-state index is 0.0515. The molecule has 1 aromatic heterocycles. The molecule has 92 valence electrons. The number of carbonyl (C=O) groups is 2. The summed E-state index contributed by atoms with van der Waals surface area (Å²) in [5, 5.41) is 11.3. The van der Waals surface area contributed by atoms with Crippen molar-refractivity contribution in [1.29, 1.82) is 0 Å². The lowest BCUT2D eigenvalue weighted by atomic mass is 10.3. The molecule has 1 heterocycles. The largest absolute Gasteiger partial charge is 0.478 e. The van der Waals surface area contributed by atoms with Crippen molar-refractivity contribution in [2.45, 2.75) is 13.3 Å². The summed E-state index contributed by atoms with van der Waals surface area (Å²) >= 11 is 0. The fourth-order valence-electron chi connectivity index (χ4n) is 1.13. The molecular formula is C11H14N2O4. The van der Waals surface area contributed by atoms with E-state index in [-0.39, 0.29) is 17.5 Å². The van der Waals surface area contributed by atoms with Crippen LogP contribution >= 0.6 is 0 Å². The van der Waals surface area contributed by atoms with E-state index in [4.69, 9.17) is 9.84 Å². The van der Waals surface area contributed by atoms with Crippen LogP contribution in [0.3, 0.4) is 0 Å². The normalized spacial score (nSPS) is 9.71. The van der Waals surface area contributed by atoms with Gasteiger partial charge in [0.1, 0.15) is 0 Å². The van der Waals surface area contributed by atoms with Crippen LogP contribution < -0.4 is 10.1 Å². The third-order valence-electron chi connectivity index (χ3n) is 1.89. The van der Waals surface area contributed by atoms with Crippen LogP contribution in [0.5, 0.6) is 5.88 Å². The Kier molecular flexibility index (Phi) is 4.93. The first kappa shape index (κ1) is 13.0. The molecule has 6 heteroatoms. The predicted molar refractivity (Wildman–Crippen MR) is 60.0 cm³/mol. The van der Waals surface area contributed by atoms with Gasteiger partial charge in [-0.25, -0.2) is 9.78 Å². The highest BCUT2D eigenvalue weighted by atomic mass is 16.5. The van der Waals surface area contributed by atoms with Crippen LogP contribution in [-0.4, -0.2) is 35.1 Å². The number of pyridine rings is 1. The molecule has 17 heavy (non-hydrogen) atoms. The molecule has 6 nitrogen and oxygen atoms in total. The number of carboxylic acids is 1. The van der Waals surface area contributed by atoms with Crippen molar-refractivity contribution in [3.05, 3.63) is 23.9 Å². The molecule has 0 saturated heterocycles. The monoisotopic (exact) mass is 238 g/mol. The number of amides is 1. The van der Waals surface area contributed by atoms with E-state index in [2.05, 4.69) is 10.3 Å². The Morgan fingerprint density at radius 1 is 1.47 bits per heavy atom. The minimum Gasteiger partial charge on any atom is -0.478 e. The van der Waals surface area contributed by atoms with Gasteiger partial charge in [0.05, 0.1) is 6.61 Å². The third kappa shape index (κ3) is 4.96. The molecule has 0 aromatic carbocycles. The Hall–Kier alpha value is -2.11. The van der Waals surface area contributed by atoms with Gasteiger partial charge in [0, 0.05) is 19.5 Å². The lowest BCUT2D eigenvalue weighted by molar-refractivity contribution is -0.118. The average Bonchev–Trinajstić information content (AvgIpc) is 2.28. The first-order valence-corrected chi connectivity index (χ1v) is 5.17. The summed E-state index contributed by atoms with van der Waals surface area (Å²) in [7, 11) is 0. The highest BCUT2D eigenvalue weighted by Gasteiger charge is 2.05. The quantitative estimate of drug-likeness (QED) is 0.711. The lowest BCUT2D eigenvalue weighted by Gasteiger charge is -2.05. The fourth-order valence-corrected chi connectivity index (χ4v) is 1.13. The Balaban J connectivity index is 2.34. The molecule has 0 aliphatic heterocycles. The second kappa shape index (κ2) is 6.47. The molecule has 0 fully saturated rings. The predicted octanol–water partition coefficient (Wildman–Crippen LogP) is 0.685. The first-order valence-electron chi connectivity index (χ1n) is 5.17. The zero-order valence-electron chi connectivity index (χ0n) is 9.47. The van der Waals surface area contributed by atoms with Crippen LogP contribution in [0.15, 0.2) is 18.2 Å². The standard InChI is InChI=1S/C11H14N2O4/c1-8(14)12-6-3-7-17-10-5-2-4-9(13-10)11(15)16/h2,4-5H,3,6-7H2,1H3,(H,12,14)(H,15,16). The number of carbonyl (C=O) groups excluding carboxylic acids is 1. The Morgan fingerprint density at radius 2 is 2.24 bits per heavy atom. The van der Waals surface area contributed by atoms with E-state index < -0.39 is 5.97 Å². The number of carboxylic acid groups (broad SMARTS) is 1. The van der Waals surface area contributed by atoms with Gasteiger partial charge in [0.2, 0.25) is 11.8 Å². The topological polar surface area (TPSA) is 88.5 Å². The molecule has 1 rings (SSSR count). The maximum Gasteiger partial charge on any atom is 0.354 e. The van der Waals surface area contributed by atoms with Gasteiger partial charge < -0.3 is 15.2 Å². The second-order valence-corrected chi connectivity index (χ2v) is 3.35. The van der Waals surface area contributed by atoms with Crippen molar-refractivity contribution < 1.29 is 19.4 Å². The van der Waals surface area contributed by atoms with E-state index in [9.17, 15) is 9.59 Å². The van der Waals surface area contributed by atoms with Gasteiger partial charge in [0.25, 0.3) is 0 Å². The van der Waals surface area contributed by atoms with Crippen molar-refractivity contribution in [2.75, 3.05) is 13.2 Å². The Labute approximate surface area is 98.6 Å². The number of ether oxygens (including phenoxy) is 1. The molecule has 0 aliphatic rings. The van der Waals surface area contributed by atoms with Gasteiger partial charge in [-0.2, -0.15) is 0 Å². The van der Waals surface area contributed by atoms with Crippen molar-refractivity contribution >= 4 is 11.9 Å². The number of hydrogen-bond acceptors (Lipinski definition) is 4. The Bertz CT molecular complexity index is 406. The van der Waals surface area contributed by atoms with Crippen molar-refractivity contribution in [2.24, 2.45) is 0 Å². The van der Waals surface area contributed by atoms with Gasteiger partial charge in [-0.1, -0.05) is 6.07 Å².